The number of rotatable bonds is 4. The quantitative estimate of drug-likeness (QED) is 0.891. The molecule has 0 amide bonds. The van der Waals surface area contributed by atoms with Gasteiger partial charge in [-0.15, -0.1) is 0 Å². The van der Waals surface area contributed by atoms with Crippen molar-refractivity contribution in [1.82, 2.24) is 4.90 Å². The van der Waals surface area contributed by atoms with Gasteiger partial charge in [-0.05, 0) is 37.1 Å². The standard InChI is InChI=1S/C15H25FN2/c1-11(18(5)10-15(2,3)4)14(17)12-6-8-13(16)9-7-12/h6-9,11,14H,10,17H2,1-5H3. The first-order valence-corrected chi connectivity index (χ1v) is 6.42. The van der Waals surface area contributed by atoms with Gasteiger partial charge in [-0.3, -0.25) is 0 Å². The summed E-state index contributed by atoms with van der Waals surface area (Å²) in [5.74, 6) is -0.221. The fourth-order valence-corrected chi connectivity index (χ4v) is 2.13. The van der Waals surface area contributed by atoms with E-state index in [2.05, 4.69) is 39.6 Å². The van der Waals surface area contributed by atoms with E-state index >= 15 is 0 Å². The van der Waals surface area contributed by atoms with Crippen molar-refractivity contribution in [3.63, 3.8) is 0 Å². The van der Waals surface area contributed by atoms with Gasteiger partial charge in [0.05, 0.1) is 0 Å². The molecule has 102 valence electrons. The first-order valence-electron chi connectivity index (χ1n) is 6.42. The second kappa shape index (κ2) is 5.81. The maximum atomic E-state index is 12.9. The minimum atomic E-state index is -0.221. The molecule has 0 radical (unpaired) electrons. The Balaban J connectivity index is 2.71. The highest BCUT2D eigenvalue weighted by Gasteiger charge is 2.22. The first kappa shape index (κ1) is 15.1. The molecule has 3 heteroatoms. The van der Waals surface area contributed by atoms with Gasteiger partial charge in [-0.25, -0.2) is 4.39 Å². The summed E-state index contributed by atoms with van der Waals surface area (Å²) in [5.41, 5.74) is 7.46. The van der Waals surface area contributed by atoms with Crippen LogP contribution in [0.2, 0.25) is 0 Å². The Hall–Kier alpha value is -0.930. The summed E-state index contributed by atoms with van der Waals surface area (Å²) in [7, 11) is 2.08. The molecule has 1 aromatic carbocycles. The SMILES string of the molecule is CC(C(N)c1ccc(F)cc1)N(C)CC(C)(C)C. The average molecular weight is 252 g/mol. The highest BCUT2D eigenvalue weighted by atomic mass is 19.1. The topological polar surface area (TPSA) is 29.3 Å². The van der Waals surface area contributed by atoms with Crippen molar-refractivity contribution in [2.45, 2.75) is 39.8 Å². The zero-order valence-electron chi connectivity index (χ0n) is 12.1. The molecule has 1 rings (SSSR count). The van der Waals surface area contributed by atoms with Crippen molar-refractivity contribution in [3.05, 3.63) is 35.6 Å². The van der Waals surface area contributed by atoms with Crippen LogP contribution in [0.1, 0.15) is 39.3 Å². The van der Waals surface area contributed by atoms with E-state index in [1.54, 1.807) is 12.1 Å². The van der Waals surface area contributed by atoms with Crippen LogP contribution in [0.5, 0.6) is 0 Å². The molecule has 0 saturated carbocycles. The highest BCUT2D eigenvalue weighted by molar-refractivity contribution is 5.20. The Morgan fingerprint density at radius 2 is 1.72 bits per heavy atom. The van der Waals surface area contributed by atoms with Gasteiger partial charge in [-0.2, -0.15) is 0 Å². The Kier molecular flexibility index (Phi) is 4.88. The summed E-state index contributed by atoms with van der Waals surface area (Å²) in [6.07, 6.45) is 0. The van der Waals surface area contributed by atoms with Crippen molar-refractivity contribution in [3.8, 4) is 0 Å². The summed E-state index contributed by atoms with van der Waals surface area (Å²) in [5, 5.41) is 0. The fraction of sp³-hybridized carbons (Fsp3) is 0.600. The molecular formula is C15H25FN2. The Morgan fingerprint density at radius 1 is 1.22 bits per heavy atom. The zero-order valence-corrected chi connectivity index (χ0v) is 12.1. The maximum absolute atomic E-state index is 12.9. The second-order valence-corrected chi connectivity index (χ2v) is 6.29. The second-order valence-electron chi connectivity index (χ2n) is 6.29. The van der Waals surface area contributed by atoms with E-state index < -0.39 is 0 Å². The van der Waals surface area contributed by atoms with Crippen LogP contribution in [0.15, 0.2) is 24.3 Å². The average Bonchev–Trinajstić information content (AvgIpc) is 2.26. The third kappa shape index (κ3) is 4.39. The van der Waals surface area contributed by atoms with Crippen LogP contribution in [0, 0.1) is 11.2 Å². The zero-order chi connectivity index (χ0) is 13.9. The molecule has 0 aliphatic carbocycles. The molecule has 0 aliphatic rings. The van der Waals surface area contributed by atoms with Crippen LogP contribution in [-0.4, -0.2) is 24.5 Å². The van der Waals surface area contributed by atoms with E-state index in [0.29, 0.717) is 0 Å². The first-order chi connectivity index (χ1) is 8.20. The van der Waals surface area contributed by atoms with Gasteiger partial charge in [0, 0.05) is 18.6 Å². The van der Waals surface area contributed by atoms with E-state index in [4.69, 9.17) is 5.73 Å². The molecule has 0 bridgehead atoms. The molecule has 2 atom stereocenters. The third-order valence-electron chi connectivity index (χ3n) is 3.19. The number of benzene rings is 1. The molecule has 0 aliphatic heterocycles. The lowest BCUT2D eigenvalue weighted by Crippen LogP contribution is -2.42. The van der Waals surface area contributed by atoms with Gasteiger partial charge in [0.25, 0.3) is 0 Å². The van der Waals surface area contributed by atoms with Crippen LogP contribution in [0.3, 0.4) is 0 Å². The number of hydrogen-bond donors (Lipinski definition) is 1. The predicted molar refractivity (Wildman–Crippen MR) is 74.9 cm³/mol. The van der Waals surface area contributed by atoms with Gasteiger partial charge in [0.1, 0.15) is 5.82 Å². The summed E-state index contributed by atoms with van der Waals surface area (Å²) >= 11 is 0. The molecule has 2 N–H and O–H groups in total. The van der Waals surface area contributed by atoms with Gasteiger partial charge in [-0.1, -0.05) is 32.9 Å². The fourth-order valence-electron chi connectivity index (χ4n) is 2.13. The van der Waals surface area contributed by atoms with Crippen molar-refractivity contribution >= 4 is 0 Å². The summed E-state index contributed by atoms with van der Waals surface area (Å²) in [6, 6.07) is 6.58. The molecule has 18 heavy (non-hydrogen) atoms. The van der Waals surface area contributed by atoms with Gasteiger partial charge in [0.2, 0.25) is 0 Å². The molecular weight excluding hydrogens is 227 g/mol. The third-order valence-corrected chi connectivity index (χ3v) is 3.19. The minimum Gasteiger partial charge on any atom is -0.323 e. The van der Waals surface area contributed by atoms with E-state index in [-0.39, 0.29) is 23.3 Å². The Labute approximate surface area is 110 Å². The van der Waals surface area contributed by atoms with Crippen LogP contribution in [-0.2, 0) is 0 Å². The monoisotopic (exact) mass is 252 g/mol. The lowest BCUT2D eigenvalue weighted by Gasteiger charge is -2.34. The molecule has 0 spiro atoms. The van der Waals surface area contributed by atoms with Crippen LogP contribution < -0.4 is 5.73 Å². The van der Waals surface area contributed by atoms with Gasteiger partial charge >= 0.3 is 0 Å². The molecule has 2 nitrogen and oxygen atoms in total. The maximum Gasteiger partial charge on any atom is 0.123 e. The highest BCUT2D eigenvalue weighted by Crippen LogP contribution is 2.22. The molecule has 2 unspecified atom stereocenters. The number of hydrogen-bond acceptors (Lipinski definition) is 2. The Morgan fingerprint density at radius 3 is 2.17 bits per heavy atom. The molecule has 0 saturated heterocycles. The van der Waals surface area contributed by atoms with Crippen molar-refractivity contribution < 1.29 is 4.39 Å². The van der Waals surface area contributed by atoms with Crippen molar-refractivity contribution in [1.29, 1.82) is 0 Å². The molecule has 0 aromatic heterocycles. The van der Waals surface area contributed by atoms with E-state index in [0.717, 1.165) is 12.1 Å². The lowest BCUT2D eigenvalue weighted by molar-refractivity contribution is 0.163. The van der Waals surface area contributed by atoms with Crippen LogP contribution in [0.4, 0.5) is 4.39 Å². The molecule has 0 heterocycles. The summed E-state index contributed by atoms with van der Waals surface area (Å²) < 4.78 is 12.9. The van der Waals surface area contributed by atoms with Crippen LogP contribution >= 0.6 is 0 Å². The molecule has 0 fully saturated rings. The normalized spacial score (nSPS) is 15.8. The number of likely N-dealkylation sites (N-methyl/N-ethyl adjacent to an activating group) is 1. The Bertz CT molecular complexity index is 367. The summed E-state index contributed by atoms with van der Waals surface area (Å²) in [4.78, 5) is 2.26. The number of nitrogens with zero attached hydrogens (tertiary/aromatic N) is 1. The minimum absolute atomic E-state index is 0.0991. The lowest BCUT2D eigenvalue weighted by atomic mass is 9.93. The van der Waals surface area contributed by atoms with E-state index in [1.165, 1.54) is 12.1 Å². The van der Waals surface area contributed by atoms with Gasteiger partial charge in [0.15, 0.2) is 0 Å². The van der Waals surface area contributed by atoms with Crippen LogP contribution in [0.25, 0.3) is 0 Å². The predicted octanol–water partition coefficient (Wildman–Crippen LogP) is 3.19. The largest absolute Gasteiger partial charge is 0.323 e. The van der Waals surface area contributed by atoms with Crippen molar-refractivity contribution in [2.24, 2.45) is 11.1 Å². The smallest absolute Gasteiger partial charge is 0.123 e. The van der Waals surface area contributed by atoms with E-state index in [1.807, 2.05) is 0 Å². The number of halogens is 1. The van der Waals surface area contributed by atoms with Gasteiger partial charge < -0.3 is 10.6 Å². The van der Waals surface area contributed by atoms with Crippen molar-refractivity contribution in [2.75, 3.05) is 13.6 Å². The van der Waals surface area contributed by atoms with E-state index in [9.17, 15) is 4.39 Å². The molecule has 1 aromatic rings. The number of nitrogens with two attached hydrogens (primary N) is 1. The summed E-state index contributed by atoms with van der Waals surface area (Å²) in [6.45, 7) is 9.71.